The Kier molecular flexibility index (Phi) is 6.22. The molecule has 0 N–H and O–H groups in total. The van der Waals surface area contributed by atoms with Crippen LogP contribution in [0.1, 0.15) is 0 Å². The molecular weight excluding hydrogens is 393 g/mol. The molecule has 0 saturated heterocycles. The second-order valence-electron chi connectivity index (χ2n) is 8.54. The van der Waals surface area contributed by atoms with Gasteiger partial charge in [0.05, 0.1) is 0 Å². The molecule has 0 saturated carbocycles. The highest BCUT2D eigenvalue weighted by Gasteiger charge is 2.49. The summed E-state index contributed by atoms with van der Waals surface area (Å²) in [5, 5.41) is 3.65. The van der Waals surface area contributed by atoms with Gasteiger partial charge in [-0.15, -0.1) is 0 Å². The molecule has 28 heavy (non-hydrogen) atoms. The Balaban J connectivity index is 2.20. The highest BCUT2D eigenvalue weighted by molar-refractivity contribution is 7.04. The van der Waals surface area contributed by atoms with Gasteiger partial charge >= 0.3 is 8.56 Å². The van der Waals surface area contributed by atoms with Gasteiger partial charge in [-0.2, -0.15) is 0 Å². The van der Waals surface area contributed by atoms with Gasteiger partial charge < -0.3 is 8.23 Å². The molecule has 5 heteroatoms. The lowest BCUT2D eigenvalue weighted by Gasteiger charge is -2.42. The summed E-state index contributed by atoms with van der Waals surface area (Å²) in [6.45, 7) is 11.3. The van der Waals surface area contributed by atoms with Gasteiger partial charge in [-0.3, -0.25) is 0 Å². The third kappa shape index (κ3) is 4.79. The molecule has 0 fully saturated rings. The van der Waals surface area contributed by atoms with Crippen LogP contribution < -0.4 is 15.6 Å². The molecule has 0 aliphatic rings. The average Bonchev–Trinajstić information content (AvgIpc) is 2.68. The fourth-order valence-corrected chi connectivity index (χ4v) is 15.2. The van der Waals surface area contributed by atoms with Crippen molar-refractivity contribution < 1.29 is 8.23 Å². The van der Waals surface area contributed by atoms with Crippen molar-refractivity contribution in [3.63, 3.8) is 0 Å². The van der Waals surface area contributed by atoms with Crippen LogP contribution in [0.25, 0.3) is 0 Å². The minimum atomic E-state index is -2.88. The van der Waals surface area contributed by atoms with Crippen molar-refractivity contribution in [1.29, 1.82) is 0 Å². The van der Waals surface area contributed by atoms with E-state index in [-0.39, 0.29) is 0 Å². The smallest absolute Gasteiger partial charge is 0.386 e. The Bertz CT molecular complexity index is 836. The molecule has 3 rings (SSSR count). The van der Waals surface area contributed by atoms with E-state index < -0.39 is 25.2 Å². The predicted molar refractivity (Wildman–Crippen MR) is 127 cm³/mol. The van der Waals surface area contributed by atoms with E-state index in [9.17, 15) is 0 Å². The zero-order valence-electron chi connectivity index (χ0n) is 17.5. The van der Waals surface area contributed by atoms with Crippen molar-refractivity contribution in [3.8, 4) is 0 Å². The van der Waals surface area contributed by atoms with Gasteiger partial charge in [0, 0.05) is 0 Å². The van der Waals surface area contributed by atoms with Crippen molar-refractivity contribution in [2.45, 2.75) is 32.7 Å². The van der Waals surface area contributed by atoms with Crippen LogP contribution in [0.3, 0.4) is 0 Å². The van der Waals surface area contributed by atoms with Crippen molar-refractivity contribution in [2.24, 2.45) is 0 Å². The van der Waals surface area contributed by atoms with Gasteiger partial charge in [0.1, 0.15) is 0 Å². The Morgan fingerprint density at radius 3 is 1.18 bits per heavy atom. The normalized spacial score (nSPS) is 12.8. The maximum Gasteiger partial charge on any atom is 0.386 e. The van der Waals surface area contributed by atoms with Gasteiger partial charge in [-0.25, -0.2) is 0 Å². The Morgan fingerprint density at radius 2 is 0.821 bits per heavy atom. The molecule has 0 unspecified atom stereocenters. The molecule has 0 bridgehead atoms. The summed E-state index contributed by atoms with van der Waals surface area (Å²) in [6.07, 6.45) is 0. The molecule has 2 nitrogen and oxygen atoms in total. The molecule has 3 aromatic rings. The molecule has 0 aromatic heterocycles. The minimum absolute atomic E-state index is 1.18. The Hall–Kier alpha value is -1.77. The van der Waals surface area contributed by atoms with Gasteiger partial charge in [0.25, 0.3) is 0 Å². The summed E-state index contributed by atoms with van der Waals surface area (Å²) in [7, 11) is -7.00. The zero-order valence-corrected chi connectivity index (χ0v) is 20.5. The van der Waals surface area contributed by atoms with Crippen LogP contribution >= 0.6 is 0 Å². The molecule has 0 amide bonds. The number of rotatable bonds is 7. The third-order valence-electron chi connectivity index (χ3n) is 4.63. The molecular formula is C23H30O2Si3. The van der Waals surface area contributed by atoms with E-state index in [1.807, 2.05) is 0 Å². The van der Waals surface area contributed by atoms with E-state index in [1.165, 1.54) is 15.6 Å². The topological polar surface area (TPSA) is 18.5 Å². The highest BCUT2D eigenvalue weighted by Crippen LogP contribution is 2.21. The molecule has 146 valence electrons. The summed E-state index contributed by atoms with van der Waals surface area (Å²) in [5.74, 6) is 0. The maximum absolute atomic E-state index is 7.25. The molecule has 0 atom stereocenters. The standard InChI is InChI=1S/C23H30O2Si3/c1-26(2,3)24-28(22-17-11-7-12-18-22,23-19-13-8-14-20-23)25-27(4,5)21-15-9-6-10-16-21/h6-20H,1-5H3. The van der Waals surface area contributed by atoms with Gasteiger partial charge in [0.2, 0.25) is 8.32 Å². The molecule has 0 aliphatic carbocycles. The first-order valence-corrected chi connectivity index (χ1v) is 17.9. The second-order valence-corrected chi connectivity index (χ2v) is 20.4. The highest BCUT2D eigenvalue weighted by atomic mass is 28.5. The predicted octanol–water partition coefficient (Wildman–Crippen LogP) is 4.22. The van der Waals surface area contributed by atoms with Gasteiger partial charge in [-0.05, 0) is 48.3 Å². The Morgan fingerprint density at radius 1 is 0.464 bits per heavy atom. The summed E-state index contributed by atoms with van der Waals surface area (Å²) < 4.78 is 14.3. The van der Waals surface area contributed by atoms with Gasteiger partial charge in [0.15, 0.2) is 8.32 Å². The largest absolute Gasteiger partial charge is 0.430 e. The third-order valence-corrected chi connectivity index (χ3v) is 15.3. The van der Waals surface area contributed by atoms with Crippen LogP contribution in [0.2, 0.25) is 32.7 Å². The summed E-state index contributed by atoms with van der Waals surface area (Å²) in [5.41, 5.74) is 0. The maximum atomic E-state index is 7.25. The first kappa shape index (κ1) is 21.0. The molecule has 0 radical (unpaired) electrons. The first-order valence-electron chi connectivity index (χ1n) is 9.80. The van der Waals surface area contributed by atoms with Gasteiger partial charge in [-0.1, -0.05) is 91.0 Å². The quantitative estimate of drug-likeness (QED) is 0.531. The van der Waals surface area contributed by atoms with Crippen molar-refractivity contribution >= 4 is 40.8 Å². The number of benzene rings is 3. The van der Waals surface area contributed by atoms with Crippen LogP contribution in [0.5, 0.6) is 0 Å². The lowest BCUT2D eigenvalue weighted by Crippen LogP contribution is -2.71. The average molecular weight is 423 g/mol. The van der Waals surface area contributed by atoms with E-state index in [4.69, 9.17) is 8.23 Å². The molecule has 3 aromatic carbocycles. The lowest BCUT2D eigenvalue weighted by atomic mass is 10.4. The van der Waals surface area contributed by atoms with Crippen molar-refractivity contribution in [1.82, 2.24) is 0 Å². The van der Waals surface area contributed by atoms with Crippen LogP contribution in [0, 0.1) is 0 Å². The van der Waals surface area contributed by atoms with E-state index >= 15 is 0 Å². The molecule has 0 spiro atoms. The van der Waals surface area contributed by atoms with E-state index in [0.717, 1.165) is 0 Å². The monoisotopic (exact) mass is 422 g/mol. The van der Waals surface area contributed by atoms with Crippen LogP contribution in [0.15, 0.2) is 91.0 Å². The fraction of sp³-hybridized carbons (Fsp3) is 0.217. The minimum Gasteiger partial charge on any atom is -0.430 e. The molecule has 0 heterocycles. The van der Waals surface area contributed by atoms with Crippen molar-refractivity contribution in [3.05, 3.63) is 91.0 Å². The van der Waals surface area contributed by atoms with E-state index in [0.29, 0.717) is 0 Å². The van der Waals surface area contributed by atoms with E-state index in [1.54, 1.807) is 0 Å². The summed E-state index contributed by atoms with van der Waals surface area (Å²) in [6, 6.07) is 31.8. The van der Waals surface area contributed by atoms with Crippen LogP contribution in [0.4, 0.5) is 0 Å². The van der Waals surface area contributed by atoms with E-state index in [2.05, 4.69) is 124 Å². The number of hydrogen-bond acceptors (Lipinski definition) is 2. The van der Waals surface area contributed by atoms with Crippen molar-refractivity contribution in [2.75, 3.05) is 0 Å². The fourth-order valence-electron chi connectivity index (χ4n) is 3.43. The summed E-state index contributed by atoms with van der Waals surface area (Å²) in [4.78, 5) is 0. The SMILES string of the molecule is C[Si](C)(C)O[Si](O[Si](C)(C)c1ccccc1)(c1ccccc1)c1ccccc1. The first-order chi connectivity index (χ1) is 13.2. The molecule has 0 aliphatic heterocycles. The van der Waals surface area contributed by atoms with Crippen LogP contribution in [-0.2, 0) is 8.23 Å². The number of hydrogen-bond donors (Lipinski definition) is 0. The lowest BCUT2D eigenvalue weighted by molar-refractivity contribution is 0.416. The van der Waals surface area contributed by atoms with Crippen LogP contribution in [-0.4, -0.2) is 25.2 Å². The second kappa shape index (κ2) is 8.31. The zero-order chi connectivity index (χ0) is 20.3. The summed E-state index contributed by atoms with van der Waals surface area (Å²) >= 11 is 0. The Labute approximate surface area is 172 Å².